The number of carbonyl (C=O) groups excluding carboxylic acids is 1. The molecule has 3 fully saturated rings. The molecule has 6 unspecified atom stereocenters. The summed E-state index contributed by atoms with van der Waals surface area (Å²) in [6, 6.07) is 8.21. The van der Waals surface area contributed by atoms with Gasteiger partial charge in [0.2, 0.25) is 0 Å². The van der Waals surface area contributed by atoms with E-state index < -0.39 is 0 Å². The molecule has 0 amide bonds. The minimum absolute atomic E-state index is 0.0518. The first kappa shape index (κ1) is 24.1. The predicted molar refractivity (Wildman–Crippen MR) is 154 cm³/mol. The van der Waals surface area contributed by atoms with Crippen LogP contribution in [0.1, 0.15) is 46.0 Å². The van der Waals surface area contributed by atoms with Gasteiger partial charge in [-0.1, -0.05) is 0 Å². The standard InChI is InChI=1S/C29H31BIN2OS/c1-28-11-9-18(34)13-17(28)7-8-19-21(28)10-12-29(2)22(19)14-24(31)26(29)23(30)15-35-27-20-5-3-4-6-25(20)32-16-33-27/h3-6,9,11,13,16,19,21-22,24,26H,7-8,10,12,14-15H2,1-2H3/t19?,21?,22?,24-,26?,28?,29?/m1/s1. The summed E-state index contributed by atoms with van der Waals surface area (Å²) >= 11 is 4.45. The number of halogens is 1. The minimum atomic E-state index is 0.0518. The number of para-hydroxylation sites is 1. The third kappa shape index (κ3) is 3.84. The van der Waals surface area contributed by atoms with Crippen molar-refractivity contribution in [2.24, 2.45) is 34.5 Å². The van der Waals surface area contributed by atoms with E-state index in [-0.39, 0.29) is 16.6 Å². The Morgan fingerprint density at radius 3 is 2.89 bits per heavy atom. The molecule has 1 radical (unpaired) electrons. The van der Waals surface area contributed by atoms with Crippen LogP contribution in [-0.2, 0) is 4.79 Å². The van der Waals surface area contributed by atoms with Crippen molar-refractivity contribution in [3.8, 4) is 0 Å². The number of fused-ring (bicyclic) bond motifs is 6. The number of rotatable bonds is 4. The Kier molecular flexibility index (Phi) is 6.15. The zero-order valence-electron chi connectivity index (χ0n) is 20.4. The summed E-state index contributed by atoms with van der Waals surface area (Å²) in [5.74, 6) is 3.44. The molecule has 0 spiro atoms. The van der Waals surface area contributed by atoms with Crippen LogP contribution >= 0.6 is 34.4 Å². The second-order valence-electron chi connectivity index (χ2n) is 11.4. The fourth-order valence-corrected chi connectivity index (χ4v) is 10.9. The van der Waals surface area contributed by atoms with E-state index in [1.165, 1.54) is 31.3 Å². The summed E-state index contributed by atoms with van der Waals surface area (Å²) in [7, 11) is 6.96. The van der Waals surface area contributed by atoms with Gasteiger partial charge in [-0.05, 0) is 0 Å². The van der Waals surface area contributed by atoms with Crippen LogP contribution in [0, 0.1) is 34.5 Å². The number of hydrogen-bond acceptors (Lipinski definition) is 4. The van der Waals surface area contributed by atoms with Gasteiger partial charge in [0, 0.05) is 0 Å². The Morgan fingerprint density at radius 2 is 2.03 bits per heavy atom. The SMILES string of the molecule is [B]=C(CSc1ncnc2ccccc12)C1[C@H](I)CC2C3CCC4=CC(=O)C=CC4(C)C3CCC21C. The summed E-state index contributed by atoms with van der Waals surface area (Å²) in [6.45, 7) is 4.92. The number of hydrogen-bond donors (Lipinski definition) is 0. The molecule has 3 nitrogen and oxygen atoms in total. The molecule has 7 atom stereocenters. The first-order chi connectivity index (χ1) is 16.8. The van der Waals surface area contributed by atoms with Crippen molar-refractivity contribution in [2.75, 3.05) is 5.75 Å². The van der Waals surface area contributed by atoms with Crippen LogP contribution in [0.4, 0.5) is 0 Å². The molecule has 6 rings (SSSR count). The number of nitrogens with zero attached hydrogens (tertiary/aromatic N) is 2. The van der Waals surface area contributed by atoms with E-state index in [0.29, 0.717) is 27.6 Å². The number of alkyl halides is 1. The van der Waals surface area contributed by atoms with Crippen LogP contribution in [0.15, 0.2) is 59.4 Å². The van der Waals surface area contributed by atoms with Gasteiger partial charge >= 0.3 is 228 Å². The topological polar surface area (TPSA) is 42.9 Å². The predicted octanol–water partition coefficient (Wildman–Crippen LogP) is 6.40. The number of allylic oxidation sites excluding steroid dienone is 4. The first-order valence-corrected chi connectivity index (χ1v) is 15.1. The zero-order valence-corrected chi connectivity index (χ0v) is 23.4. The maximum atomic E-state index is 12.1. The number of aromatic nitrogens is 2. The molecule has 179 valence electrons. The quantitative estimate of drug-likeness (QED) is 0.135. The monoisotopic (exact) mass is 593 g/mol. The van der Waals surface area contributed by atoms with Crippen LogP contribution < -0.4 is 0 Å². The third-order valence-electron chi connectivity index (χ3n) is 9.83. The molecule has 0 bridgehead atoms. The van der Waals surface area contributed by atoms with E-state index in [9.17, 15) is 4.79 Å². The van der Waals surface area contributed by atoms with Crippen molar-refractivity contribution >= 4 is 64.0 Å². The molecule has 35 heavy (non-hydrogen) atoms. The Labute approximate surface area is 227 Å². The fraction of sp³-hybridized carbons (Fsp3) is 0.517. The van der Waals surface area contributed by atoms with Gasteiger partial charge in [-0.15, -0.1) is 0 Å². The van der Waals surface area contributed by atoms with Crippen LogP contribution in [0.2, 0.25) is 0 Å². The second kappa shape index (κ2) is 8.93. The molecule has 1 aromatic heterocycles. The molecule has 1 aromatic carbocycles. The molecular weight excluding hydrogens is 562 g/mol. The number of benzene rings is 1. The Bertz CT molecular complexity index is 1270. The third-order valence-corrected chi connectivity index (χ3v) is 12.1. The van der Waals surface area contributed by atoms with E-state index >= 15 is 0 Å². The average molecular weight is 593 g/mol. The first-order valence-electron chi connectivity index (χ1n) is 12.8. The van der Waals surface area contributed by atoms with Gasteiger partial charge in [-0.3, -0.25) is 0 Å². The van der Waals surface area contributed by atoms with Crippen molar-refractivity contribution in [1.29, 1.82) is 0 Å². The number of carbonyl (C=O) groups is 1. The Morgan fingerprint density at radius 1 is 1.20 bits per heavy atom. The van der Waals surface area contributed by atoms with Gasteiger partial charge in [-0.2, -0.15) is 0 Å². The second-order valence-corrected chi connectivity index (χ2v) is 14.0. The summed E-state index contributed by atoms with van der Waals surface area (Å²) < 4.78 is 0.567. The van der Waals surface area contributed by atoms with Crippen LogP contribution in [0.25, 0.3) is 10.9 Å². The molecule has 3 saturated carbocycles. The number of thioether (sulfide) groups is 1. The number of ketones is 1. The molecule has 1 heterocycles. The van der Waals surface area contributed by atoms with Gasteiger partial charge in [0.25, 0.3) is 0 Å². The van der Waals surface area contributed by atoms with Crippen LogP contribution in [-0.4, -0.2) is 38.4 Å². The normalized spacial score (nSPS) is 37.9. The van der Waals surface area contributed by atoms with Gasteiger partial charge in [0.1, 0.15) is 0 Å². The van der Waals surface area contributed by atoms with Crippen molar-refractivity contribution in [2.45, 2.75) is 54.9 Å². The van der Waals surface area contributed by atoms with Crippen LogP contribution in [0.5, 0.6) is 0 Å². The molecule has 2 aromatic rings. The van der Waals surface area contributed by atoms with Crippen molar-refractivity contribution in [3.05, 3.63) is 54.4 Å². The van der Waals surface area contributed by atoms with E-state index in [2.05, 4.69) is 58.5 Å². The van der Waals surface area contributed by atoms with E-state index in [1.54, 1.807) is 18.1 Å². The van der Waals surface area contributed by atoms with Crippen molar-refractivity contribution in [3.63, 3.8) is 0 Å². The Balaban J connectivity index is 1.23. The molecule has 0 saturated heterocycles. The molecule has 6 heteroatoms. The van der Waals surface area contributed by atoms with Gasteiger partial charge in [0.05, 0.1) is 0 Å². The molecule has 0 N–H and O–H groups in total. The summed E-state index contributed by atoms with van der Waals surface area (Å²) in [5.41, 5.74) is 3.79. The molecule has 0 aliphatic heterocycles. The van der Waals surface area contributed by atoms with E-state index in [0.717, 1.165) is 33.6 Å². The average Bonchev–Trinajstić information content (AvgIpc) is 3.13. The summed E-state index contributed by atoms with van der Waals surface area (Å²) in [4.78, 5) is 21.0. The van der Waals surface area contributed by atoms with Crippen molar-refractivity contribution in [1.82, 2.24) is 9.97 Å². The maximum absolute atomic E-state index is 12.1. The zero-order chi connectivity index (χ0) is 24.4. The van der Waals surface area contributed by atoms with Gasteiger partial charge in [0.15, 0.2) is 0 Å². The molecule has 4 aliphatic carbocycles. The summed E-state index contributed by atoms with van der Waals surface area (Å²) in [6.07, 6.45) is 13.6. The van der Waals surface area contributed by atoms with Gasteiger partial charge < -0.3 is 0 Å². The summed E-state index contributed by atoms with van der Waals surface area (Å²) in [5, 5.41) is 2.12. The Hall–Kier alpha value is -1.28. The van der Waals surface area contributed by atoms with Crippen molar-refractivity contribution < 1.29 is 4.79 Å². The molecule has 4 aliphatic rings. The molecular formula is C29H31BIN2OS. The van der Waals surface area contributed by atoms with Gasteiger partial charge in [-0.25, -0.2) is 0 Å². The van der Waals surface area contributed by atoms with E-state index in [4.69, 9.17) is 7.49 Å². The van der Waals surface area contributed by atoms with Crippen LogP contribution in [0.3, 0.4) is 0 Å². The van der Waals surface area contributed by atoms with E-state index in [1.807, 2.05) is 30.4 Å². The fourth-order valence-electron chi connectivity index (χ4n) is 8.16.